The number of carbonyl (C=O) groups is 2. The number of hydrogen-bond donors (Lipinski definition) is 2. The number of nitrogens with zero attached hydrogens (tertiary/aromatic N) is 1. The van der Waals surface area contributed by atoms with Crippen LogP contribution in [0.15, 0.2) is 24.3 Å². The first kappa shape index (κ1) is 12.2. The Bertz CT molecular complexity index is 537. The normalized spacial score (nSPS) is 21.8. The van der Waals surface area contributed by atoms with Gasteiger partial charge in [0.1, 0.15) is 0 Å². The fourth-order valence-corrected chi connectivity index (χ4v) is 2.66. The molecule has 1 aliphatic heterocycles. The van der Waals surface area contributed by atoms with Crippen LogP contribution in [0.4, 0.5) is 5.69 Å². The molecular weight excluding hydrogens is 242 g/mol. The third kappa shape index (κ3) is 2.00. The first-order valence-electron chi connectivity index (χ1n) is 6.59. The first-order valence-corrected chi connectivity index (χ1v) is 6.59. The molecule has 1 aliphatic carbocycles. The summed E-state index contributed by atoms with van der Waals surface area (Å²) in [5.74, 6) is -1.04. The van der Waals surface area contributed by atoms with E-state index in [2.05, 4.69) is 5.32 Å². The van der Waals surface area contributed by atoms with E-state index in [0.717, 1.165) is 30.5 Å². The molecule has 3 N–H and O–H groups in total. The molecule has 3 rings (SSSR count). The Hall–Kier alpha value is -1.88. The summed E-state index contributed by atoms with van der Waals surface area (Å²) in [7, 11) is 0. The van der Waals surface area contributed by atoms with Crippen LogP contribution in [0.25, 0.3) is 0 Å². The zero-order chi connectivity index (χ0) is 13.5. The molecule has 0 atom stereocenters. The highest BCUT2D eigenvalue weighted by Gasteiger charge is 2.35. The monoisotopic (exact) mass is 259 g/mol. The molecule has 1 heterocycles. The third-order valence-electron chi connectivity index (χ3n) is 4.04. The molecule has 100 valence electrons. The van der Waals surface area contributed by atoms with E-state index in [9.17, 15) is 9.59 Å². The molecule has 19 heavy (non-hydrogen) atoms. The van der Waals surface area contributed by atoms with Gasteiger partial charge in [0.25, 0.3) is 0 Å². The number of rotatable bonds is 2. The van der Waals surface area contributed by atoms with E-state index < -0.39 is 11.8 Å². The fraction of sp³-hybridized carbons (Fsp3) is 0.429. The molecule has 1 aromatic carbocycles. The molecule has 5 nitrogen and oxygen atoms in total. The lowest BCUT2D eigenvalue weighted by molar-refractivity contribution is -0.138. The second-order valence-corrected chi connectivity index (χ2v) is 5.27. The third-order valence-corrected chi connectivity index (χ3v) is 4.04. The average molecular weight is 259 g/mol. The second kappa shape index (κ2) is 4.35. The molecule has 2 aliphatic rings. The highest BCUT2D eigenvalue weighted by atomic mass is 16.2. The molecule has 0 radical (unpaired) electrons. The van der Waals surface area contributed by atoms with Crippen LogP contribution in [0, 0.1) is 0 Å². The maximum atomic E-state index is 11.9. The molecule has 2 fully saturated rings. The Morgan fingerprint density at radius 2 is 2.05 bits per heavy atom. The lowest BCUT2D eigenvalue weighted by Gasteiger charge is -2.39. The smallest absolute Gasteiger partial charge is 0.316 e. The number of piperazine rings is 1. The number of carbonyl (C=O) groups excluding carboxylic acids is 2. The van der Waals surface area contributed by atoms with Crippen molar-refractivity contribution in [3.63, 3.8) is 0 Å². The van der Waals surface area contributed by atoms with Gasteiger partial charge in [0, 0.05) is 24.3 Å². The summed E-state index contributed by atoms with van der Waals surface area (Å²) in [4.78, 5) is 24.8. The van der Waals surface area contributed by atoms with Gasteiger partial charge in [0.2, 0.25) is 0 Å². The van der Waals surface area contributed by atoms with Crippen molar-refractivity contribution >= 4 is 17.5 Å². The standard InChI is InChI=1S/C14H17N3O2/c15-14(5-2-6-14)10-3-1-4-11(9-10)17-8-7-16-12(18)13(17)19/h1,3-4,9H,2,5-8,15H2,(H,16,18). The number of nitrogens with one attached hydrogen (secondary N) is 1. The zero-order valence-corrected chi connectivity index (χ0v) is 10.7. The van der Waals surface area contributed by atoms with Gasteiger partial charge in [-0.05, 0) is 37.0 Å². The summed E-state index contributed by atoms with van der Waals surface area (Å²) in [6, 6.07) is 7.69. The van der Waals surface area contributed by atoms with Crippen molar-refractivity contribution in [3.05, 3.63) is 29.8 Å². The summed E-state index contributed by atoms with van der Waals surface area (Å²) in [5.41, 5.74) is 7.86. The van der Waals surface area contributed by atoms with Gasteiger partial charge in [0.05, 0.1) is 0 Å². The summed E-state index contributed by atoms with van der Waals surface area (Å²) >= 11 is 0. The van der Waals surface area contributed by atoms with Crippen LogP contribution in [0.5, 0.6) is 0 Å². The molecule has 5 heteroatoms. The molecule has 2 amide bonds. The van der Waals surface area contributed by atoms with Gasteiger partial charge in [-0.2, -0.15) is 0 Å². The second-order valence-electron chi connectivity index (χ2n) is 5.27. The first-order chi connectivity index (χ1) is 9.10. The van der Waals surface area contributed by atoms with Gasteiger partial charge in [-0.1, -0.05) is 12.1 Å². The number of nitrogens with two attached hydrogens (primary N) is 1. The Morgan fingerprint density at radius 3 is 2.74 bits per heavy atom. The lowest BCUT2D eigenvalue weighted by Crippen LogP contribution is -2.52. The van der Waals surface area contributed by atoms with E-state index in [1.54, 1.807) is 0 Å². The van der Waals surface area contributed by atoms with Crippen LogP contribution in [-0.4, -0.2) is 24.9 Å². The molecule has 0 unspecified atom stereocenters. The van der Waals surface area contributed by atoms with Gasteiger partial charge in [-0.25, -0.2) is 0 Å². The van der Waals surface area contributed by atoms with E-state index in [1.807, 2.05) is 24.3 Å². The van der Waals surface area contributed by atoms with Crippen LogP contribution < -0.4 is 16.0 Å². The molecule has 0 bridgehead atoms. The molecule has 1 saturated carbocycles. The van der Waals surface area contributed by atoms with Gasteiger partial charge in [-0.3, -0.25) is 9.59 Å². The van der Waals surface area contributed by atoms with Gasteiger partial charge in [-0.15, -0.1) is 0 Å². The van der Waals surface area contributed by atoms with Crippen molar-refractivity contribution in [2.24, 2.45) is 5.73 Å². The van der Waals surface area contributed by atoms with Gasteiger partial charge >= 0.3 is 11.8 Å². The molecule has 0 aromatic heterocycles. The lowest BCUT2D eigenvalue weighted by atomic mass is 9.73. The number of hydrogen-bond acceptors (Lipinski definition) is 3. The summed E-state index contributed by atoms with van der Waals surface area (Å²) < 4.78 is 0. The number of benzene rings is 1. The largest absolute Gasteiger partial charge is 0.346 e. The van der Waals surface area contributed by atoms with Crippen LogP contribution in [0.2, 0.25) is 0 Å². The average Bonchev–Trinajstić information content (AvgIpc) is 2.39. The van der Waals surface area contributed by atoms with E-state index in [0.29, 0.717) is 13.1 Å². The van der Waals surface area contributed by atoms with Crippen LogP contribution in [0.3, 0.4) is 0 Å². The van der Waals surface area contributed by atoms with E-state index in [-0.39, 0.29) is 5.54 Å². The number of anilines is 1. The van der Waals surface area contributed by atoms with Crippen molar-refractivity contribution in [1.29, 1.82) is 0 Å². The van der Waals surface area contributed by atoms with Gasteiger partial charge < -0.3 is 16.0 Å². The SMILES string of the molecule is NC1(c2cccc(N3CCNC(=O)C3=O)c2)CCC1. The minimum absolute atomic E-state index is 0.253. The maximum Gasteiger partial charge on any atom is 0.316 e. The van der Waals surface area contributed by atoms with Crippen molar-refractivity contribution in [1.82, 2.24) is 5.32 Å². The Labute approximate surface area is 111 Å². The van der Waals surface area contributed by atoms with Crippen molar-refractivity contribution in [3.8, 4) is 0 Å². The minimum atomic E-state index is -0.539. The van der Waals surface area contributed by atoms with Gasteiger partial charge in [0.15, 0.2) is 0 Å². The Balaban J connectivity index is 1.90. The fourth-order valence-electron chi connectivity index (χ4n) is 2.66. The van der Waals surface area contributed by atoms with Crippen molar-refractivity contribution in [2.45, 2.75) is 24.8 Å². The Morgan fingerprint density at radius 1 is 1.26 bits per heavy atom. The Kier molecular flexibility index (Phi) is 2.78. The zero-order valence-electron chi connectivity index (χ0n) is 10.7. The maximum absolute atomic E-state index is 11.9. The van der Waals surface area contributed by atoms with Crippen LogP contribution >= 0.6 is 0 Å². The quantitative estimate of drug-likeness (QED) is 0.759. The topological polar surface area (TPSA) is 75.4 Å². The van der Waals surface area contributed by atoms with E-state index >= 15 is 0 Å². The highest BCUT2D eigenvalue weighted by Crippen LogP contribution is 2.39. The number of amides is 2. The molecular formula is C14H17N3O2. The predicted molar refractivity (Wildman–Crippen MR) is 71.5 cm³/mol. The summed E-state index contributed by atoms with van der Waals surface area (Å²) in [6.07, 6.45) is 3.10. The van der Waals surface area contributed by atoms with Crippen LogP contribution in [0.1, 0.15) is 24.8 Å². The summed E-state index contributed by atoms with van der Waals surface area (Å²) in [5, 5.41) is 2.54. The predicted octanol–water partition coefficient (Wildman–Crippen LogP) is 0.487. The summed E-state index contributed by atoms with van der Waals surface area (Å²) in [6.45, 7) is 0.994. The highest BCUT2D eigenvalue weighted by molar-refractivity contribution is 6.41. The van der Waals surface area contributed by atoms with E-state index in [4.69, 9.17) is 5.73 Å². The molecule has 0 spiro atoms. The van der Waals surface area contributed by atoms with Crippen molar-refractivity contribution < 1.29 is 9.59 Å². The minimum Gasteiger partial charge on any atom is -0.346 e. The van der Waals surface area contributed by atoms with E-state index in [1.165, 1.54) is 4.90 Å². The van der Waals surface area contributed by atoms with Crippen LogP contribution in [-0.2, 0) is 15.1 Å². The molecule has 1 aromatic rings. The van der Waals surface area contributed by atoms with Crippen molar-refractivity contribution in [2.75, 3.05) is 18.0 Å². The molecule has 1 saturated heterocycles.